The molecule has 0 aliphatic carbocycles. The van der Waals surface area contributed by atoms with Gasteiger partial charge in [0.1, 0.15) is 0 Å². The molecule has 0 aliphatic rings. The average molecular weight is 121 g/mol. The Bertz CT molecular complexity index is 61.1. The maximum Gasteiger partial charge on any atom is 0.0729 e. The molecule has 0 aromatic carbocycles. The SMILES string of the molecule is CCC(O)/C=C/Cl. The number of aliphatic hydroxyl groups excluding tert-OH is 1. The van der Waals surface area contributed by atoms with Crippen molar-refractivity contribution in [1.29, 1.82) is 0 Å². The molecule has 0 saturated carbocycles. The summed E-state index contributed by atoms with van der Waals surface area (Å²) in [5.41, 5.74) is 1.33. The molecule has 42 valence electrons. The Morgan fingerprint density at radius 2 is 2.43 bits per heavy atom. The maximum absolute atomic E-state index is 8.69. The lowest BCUT2D eigenvalue weighted by atomic mass is 10.3. The van der Waals surface area contributed by atoms with Gasteiger partial charge in [-0.2, -0.15) is 0 Å². The van der Waals surface area contributed by atoms with Gasteiger partial charge in [0.15, 0.2) is 0 Å². The molecular formula is C5H9ClO. The molecule has 0 aliphatic heterocycles. The third-order valence-corrected chi connectivity index (χ3v) is 0.859. The van der Waals surface area contributed by atoms with Crippen LogP contribution in [0.4, 0.5) is 0 Å². The van der Waals surface area contributed by atoms with Crippen molar-refractivity contribution < 1.29 is 5.11 Å². The minimum atomic E-state index is -0.363. The summed E-state index contributed by atoms with van der Waals surface area (Å²) in [5, 5.41) is 8.69. The van der Waals surface area contributed by atoms with E-state index >= 15 is 0 Å². The lowest BCUT2D eigenvalue weighted by molar-refractivity contribution is 0.219. The quantitative estimate of drug-likeness (QED) is 0.586. The van der Waals surface area contributed by atoms with Crippen LogP contribution in [0, 0.1) is 0 Å². The second-order valence-electron chi connectivity index (χ2n) is 1.29. The summed E-state index contributed by atoms with van der Waals surface area (Å²) in [5.74, 6) is 0. The van der Waals surface area contributed by atoms with Crippen molar-refractivity contribution in [1.82, 2.24) is 0 Å². The van der Waals surface area contributed by atoms with Crippen molar-refractivity contribution in [2.75, 3.05) is 0 Å². The Labute approximate surface area is 48.6 Å². The number of hydrogen-bond donors (Lipinski definition) is 1. The van der Waals surface area contributed by atoms with E-state index in [9.17, 15) is 0 Å². The molecule has 1 unspecified atom stereocenters. The van der Waals surface area contributed by atoms with Crippen molar-refractivity contribution in [2.24, 2.45) is 0 Å². The Hall–Kier alpha value is -0.0100. The third-order valence-electron chi connectivity index (χ3n) is 0.713. The van der Waals surface area contributed by atoms with E-state index in [1.54, 1.807) is 6.08 Å². The zero-order valence-corrected chi connectivity index (χ0v) is 5.02. The Balaban J connectivity index is 3.16. The number of halogens is 1. The van der Waals surface area contributed by atoms with Crippen LogP contribution in [0.5, 0.6) is 0 Å². The first-order chi connectivity index (χ1) is 3.31. The van der Waals surface area contributed by atoms with E-state index in [0.717, 1.165) is 6.42 Å². The summed E-state index contributed by atoms with van der Waals surface area (Å²) in [7, 11) is 0. The van der Waals surface area contributed by atoms with E-state index in [-0.39, 0.29) is 6.10 Å². The predicted octanol–water partition coefficient (Wildman–Crippen LogP) is 1.51. The molecule has 0 fully saturated rings. The van der Waals surface area contributed by atoms with Crippen LogP contribution in [-0.4, -0.2) is 11.2 Å². The average Bonchev–Trinajstić information content (AvgIpc) is 1.68. The monoisotopic (exact) mass is 120 g/mol. The second-order valence-corrected chi connectivity index (χ2v) is 1.55. The summed E-state index contributed by atoms with van der Waals surface area (Å²) in [6, 6.07) is 0. The van der Waals surface area contributed by atoms with Gasteiger partial charge in [0, 0.05) is 5.54 Å². The molecule has 1 nitrogen and oxygen atoms in total. The van der Waals surface area contributed by atoms with Gasteiger partial charge in [-0.05, 0) is 12.5 Å². The van der Waals surface area contributed by atoms with Crippen LogP contribution in [0.3, 0.4) is 0 Å². The molecule has 0 rings (SSSR count). The fourth-order valence-electron chi connectivity index (χ4n) is 0.220. The fraction of sp³-hybridized carbons (Fsp3) is 0.600. The van der Waals surface area contributed by atoms with E-state index in [1.807, 2.05) is 6.92 Å². The minimum absolute atomic E-state index is 0.363. The molecule has 0 bridgehead atoms. The van der Waals surface area contributed by atoms with Gasteiger partial charge in [-0.15, -0.1) is 0 Å². The standard InChI is InChI=1S/C5H9ClO/c1-2-5(7)3-4-6/h3-5,7H,2H2,1H3/b4-3+. The molecule has 0 aromatic heterocycles. The molecule has 1 atom stereocenters. The summed E-state index contributed by atoms with van der Waals surface area (Å²) < 4.78 is 0. The normalized spacial score (nSPS) is 15.3. The molecule has 0 aromatic rings. The van der Waals surface area contributed by atoms with Crippen molar-refractivity contribution in [3.8, 4) is 0 Å². The smallest absolute Gasteiger partial charge is 0.0729 e. The van der Waals surface area contributed by atoms with E-state index < -0.39 is 0 Å². The largest absolute Gasteiger partial charge is 0.389 e. The van der Waals surface area contributed by atoms with Gasteiger partial charge >= 0.3 is 0 Å². The van der Waals surface area contributed by atoms with Crippen LogP contribution in [-0.2, 0) is 0 Å². The van der Waals surface area contributed by atoms with Gasteiger partial charge in [-0.1, -0.05) is 18.5 Å². The highest BCUT2D eigenvalue weighted by atomic mass is 35.5. The lowest BCUT2D eigenvalue weighted by Crippen LogP contribution is -1.96. The first kappa shape index (κ1) is 6.99. The van der Waals surface area contributed by atoms with E-state index in [2.05, 4.69) is 0 Å². The Morgan fingerprint density at radius 1 is 1.86 bits per heavy atom. The number of hydrogen-bond acceptors (Lipinski definition) is 1. The van der Waals surface area contributed by atoms with Gasteiger partial charge < -0.3 is 5.11 Å². The molecule has 0 spiro atoms. The van der Waals surface area contributed by atoms with Crippen LogP contribution in [0.25, 0.3) is 0 Å². The van der Waals surface area contributed by atoms with E-state index in [4.69, 9.17) is 16.7 Å². The third kappa shape index (κ3) is 3.83. The highest BCUT2D eigenvalue weighted by Gasteiger charge is 1.88. The molecule has 7 heavy (non-hydrogen) atoms. The fourth-order valence-corrected chi connectivity index (χ4v) is 0.388. The molecule has 0 radical (unpaired) electrons. The van der Waals surface area contributed by atoms with Crippen LogP contribution >= 0.6 is 11.6 Å². The number of rotatable bonds is 2. The Morgan fingerprint density at radius 3 is 2.57 bits per heavy atom. The zero-order valence-electron chi connectivity index (χ0n) is 4.26. The van der Waals surface area contributed by atoms with E-state index in [1.165, 1.54) is 5.54 Å². The number of aliphatic hydroxyl groups is 1. The molecule has 0 saturated heterocycles. The molecular weight excluding hydrogens is 112 g/mol. The summed E-state index contributed by atoms with van der Waals surface area (Å²) in [6.45, 7) is 1.89. The molecule has 2 heteroatoms. The zero-order chi connectivity index (χ0) is 5.70. The summed E-state index contributed by atoms with van der Waals surface area (Å²) in [4.78, 5) is 0. The van der Waals surface area contributed by atoms with Gasteiger partial charge in [0.2, 0.25) is 0 Å². The second kappa shape index (κ2) is 4.16. The summed E-state index contributed by atoms with van der Waals surface area (Å²) in [6.07, 6.45) is 1.91. The van der Waals surface area contributed by atoms with Crippen LogP contribution in [0.15, 0.2) is 11.6 Å². The van der Waals surface area contributed by atoms with Crippen molar-refractivity contribution >= 4 is 11.6 Å². The van der Waals surface area contributed by atoms with Crippen molar-refractivity contribution in [3.63, 3.8) is 0 Å². The highest BCUT2D eigenvalue weighted by molar-refractivity contribution is 6.25. The van der Waals surface area contributed by atoms with Crippen molar-refractivity contribution in [3.05, 3.63) is 11.6 Å². The van der Waals surface area contributed by atoms with Crippen LogP contribution in [0.2, 0.25) is 0 Å². The lowest BCUT2D eigenvalue weighted by Gasteiger charge is -1.94. The topological polar surface area (TPSA) is 20.2 Å². The predicted molar refractivity (Wildman–Crippen MR) is 31.3 cm³/mol. The minimum Gasteiger partial charge on any atom is -0.389 e. The van der Waals surface area contributed by atoms with E-state index in [0.29, 0.717) is 0 Å². The van der Waals surface area contributed by atoms with Gasteiger partial charge in [-0.3, -0.25) is 0 Å². The van der Waals surface area contributed by atoms with Gasteiger partial charge in [-0.25, -0.2) is 0 Å². The van der Waals surface area contributed by atoms with Gasteiger partial charge in [0.25, 0.3) is 0 Å². The van der Waals surface area contributed by atoms with Crippen LogP contribution < -0.4 is 0 Å². The van der Waals surface area contributed by atoms with Crippen LogP contribution in [0.1, 0.15) is 13.3 Å². The maximum atomic E-state index is 8.69. The Kier molecular flexibility index (Phi) is 4.15. The molecule has 1 N–H and O–H groups in total. The summed E-state index contributed by atoms with van der Waals surface area (Å²) >= 11 is 5.13. The van der Waals surface area contributed by atoms with Gasteiger partial charge in [0.05, 0.1) is 6.10 Å². The highest BCUT2D eigenvalue weighted by Crippen LogP contribution is 1.91. The van der Waals surface area contributed by atoms with Crippen molar-refractivity contribution in [2.45, 2.75) is 19.4 Å². The molecule has 0 heterocycles. The molecule has 0 amide bonds. The first-order valence-electron chi connectivity index (χ1n) is 2.26. The first-order valence-corrected chi connectivity index (χ1v) is 2.69.